The Balaban J connectivity index is 1.75. The van der Waals surface area contributed by atoms with E-state index < -0.39 is 0 Å². The summed E-state index contributed by atoms with van der Waals surface area (Å²) in [7, 11) is 0. The van der Waals surface area contributed by atoms with E-state index in [1.165, 1.54) is 12.2 Å². The van der Waals surface area contributed by atoms with Gasteiger partial charge in [-0.15, -0.1) is 0 Å². The first-order chi connectivity index (χ1) is 6.32. The molecule has 0 aromatic carbocycles. The lowest BCUT2D eigenvalue weighted by molar-refractivity contribution is -0.131. The average molecular weight is 198 g/mol. The second-order valence-electron chi connectivity index (χ2n) is 4.21. The van der Waals surface area contributed by atoms with E-state index in [0.717, 1.165) is 25.3 Å². The van der Waals surface area contributed by atoms with Crippen LogP contribution in [0.2, 0.25) is 0 Å². The van der Waals surface area contributed by atoms with E-state index in [9.17, 15) is 4.79 Å². The van der Waals surface area contributed by atoms with Crippen LogP contribution in [0.25, 0.3) is 0 Å². The minimum atomic E-state index is -0.0900. The summed E-state index contributed by atoms with van der Waals surface area (Å²) in [5.41, 5.74) is -0.0900. The van der Waals surface area contributed by atoms with Crippen molar-refractivity contribution >= 4 is 17.7 Å². The molecule has 72 valence electrons. The molecule has 1 N–H and O–H groups in total. The molecular weight excluding hydrogens is 184 g/mol. The summed E-state index contributed by atoms with van der Waals surface area (Å²) in [6, 6.07) is 0.518. The van der Waals surface area contributed by atoms with E-state index in [1.807, 2.05) is 11.8 Å². The van der Waals surface area contributed by atoms with E-state index >= 15 is 0 Å². The summed E-state index contributed by atoms with van der Waals surface area (Å²) < 4.78 is 0. The first-order valence-corrected chi connectivity index (χ1v) is 6.11. The lowest BCUT2D eigenvalue weighted by Gasteiger charge is -2.22. The summed E-state index contributed by atoms with van der Waals surface area (Å²) >= 11 is 1.97. The first kappa shape index (κ1) is 8.12. The van der Waals surface area contributed by atoms with Gasteiger partial charge < -0.3 is 4.90 Å². The van der Waals surface area contributed by atoms with Crippen LogP contribution in [0.5, 0.6) is 0 Å². The van der Waals surface area contributed by atoms with Crippen molar-refractivity contribution in [2.75, 3.05) is 18.2 Å². The third-order valence-corrected chi connectivity index (χ3v) is 4.50. The summed E-state index contributed by atoms with van der Waals surface area (Å²) in [5.74, 6) is 2.74. The maximum Gasteiger partial charge on any atom is 0.244 e. The third-order valence-electron chi connectivity index (χ3n) is 3.35. The lowest BCUT2D eigenvalue weighted by Crippen LogP contribution is -2.39. The zero-order chi connectivity index (χ0) is 8.89. The zero-order valence-electron chi connectivity index (χ0n) is 7.58. The average Bonchev–Trinajstić information content (AvgIpc) is 2.56. The van der Waals surface area contributed by atoms with Gasteiger partial charge in [-0.05, 0) is 25.0 Å². The van der Waals surface area contributed by atoms with Gasteiger partial charge in [0.05, 0.1) is 12.2 Å². The minimum absolute atomic E-state index is 0.0900. The maximum atomic E-state index is 11.9. The number of amides is 1. The predicted molar refractivity (Wildman–Crippen MR) is 52.5 cm³/mol. The second-order valence-corrected chi connectivity index (χ2v) is 5.36. The molecule has 0 radical (unpaired) electrons. The van der Waals surface area contributed by atoms with Gasteiger partial charge >= 0.3 is 0 Å². The fourth-order valence-corrected chi connectivity index (χ4v) is 3.46. The number of carbonyl (C=O) groups excluding carboxylic acids is 1. The van der Waals surface area contributed by atoms with E-state index in [2.05, 4.69) is 10.2 Å². The Bertz CT molecular complexity index is 246. The number of nitrogens with zero attached hydrogens (tertiary/aromatic N) is 1. The molecule has 4 heteroatoms. The Morgan fingerprint density at radius 3 is 2.92 bits per heavy atom. The molecule has 1 amide bonds. The van der Waals surface area contributed by atoms with E-state index in [1.54, 1.807) is 0 Å². The van der Waals surface area contributed by atoms with E-state index in [0.29, 0.717) is 11.9 Å². The molecule has 13 heavy (non-hydrogen) atoms. The number of carbonyl (C=O) groups is 1. The third kappa shape index (κ3) is 1.12. The highest BCUT2D eigenvalue weighted by molar-refractivity contribution is 7.99. The molecule has 1 aliphatic carbocycles. The highest BCUT2D eigenvalue weighted by Gasteiger charge is 2.56. The number of thioether (sulfide) groups is 1. The van der Waals surface area contributed by atoms with Crippen molar-refractivity contribution in [2.45, 2.75) is 30.8 Å². The molecule has 3 aliphatic rings. The number of hydrogen-bond donors (Lipinski definition) is 1. The van der Waals surface area contributed by atoms with Gasteiger partial charge in [0, 0.05) is 11.8 Å². The van der Waals surface area contributed by atoms with Crippen molar-refractivity contribution in [2.24, 2.45) is 0 Å². The van der Waals surface area contributed by atoms with Crippen molar-refractivity contribution in [1.29, 1.82) is 0 Å². The van der Waals surface area contributed by atoms with Crippen molar-refractivity contribution in [3.63, 3.8) is 0 Å². The Kier molecular flexibility index (Phi) is 1.65. The molecule has 1 unspecified atom stereocenters. The maximum absolute atomic E-state index is 11.9. The van der Waals surface area contributed by atoms with Crippen LogP contribution in [0.4, 0.5) is 0 Å². The van der Waals surface area contributed by atoms with Gasteiger partial charge in [-0.3, -0.25) is 10.1 Å². The van der Waals surface area contributed by atoms with Crippen LogP contribution in [0, 0.1) is 0 Å². The van der Waals surface area contributed by atoms with Gasteiger partial charge in [0.25, 0.3) is 0 Å². The van der Waals surface area contributed by atoms with Crippen LogP contribution in [-0.2, 0) is 4.79 Å². The van der Waals surface area contributed by atoms with E-state index in [-0.39, 0.29) is 5.54 Å². The largest absolute Gasteiger partial charge is 0.324 e. The summed E-state index contributed by atoms with van der Waals surface area (Å²) in [4.78, 5) is 14.0. The quantitative estimate of drug-likeness (QED) is 0.662. The number of rotatable bonds is 1. The Morgan fingerprint density at radius 2 is 2.38 bits per heavy atom. The topological polar surface area (TPSA) is 32.3 Å². The SMILES string of the molecule is O=C1N(C2CCSC2)CNC12CC2. The highest BCUT2D eigenvalue weighted by Crippen LogP contribution is 2.41. The van der Waals surface area contributed by atoms with Gasteiger partial charge in [0.2, 0.25) is 5.91 Å². The Morgan fingerprint density at radius 1 is 1.54 bits per heavy atom. The van der Waals surface area contributed by atoms with Crippen molar-refractivity contribution in [1.82, 2.24) is 10.2 Å². The van der Waals surface area contributed by atoms with Crippen LogP contribution >= 0.6 is 11.8 Å². The molecule has 0 aromatic rings. The van der Waals surface area contributed by atoms with Gasteiger partial charge in [-0.25, -0.2) is 0 Å². The molecule has 1 saturated carbocycles. The van der Waals surface area contributed by atoms with Crippen LogP contribution in [-0.4, -0.2) is 40.6 Å². The van der Waals surface area contributed by atoms with Gasteiger partial charge in [-0.1, -0.05) is 0 Å². The molecule has 0 bridgehead atoms. The molecule has 2 heterocycles. The summed E-state index contributed by atoms with van der Waals surface area (Å²) in [6.07, 6.45) is 3.30. The highest BCUT2D eigenvalue weighted by atomic mass is 32.2. The summed E-state index contributed by atoms with van der Waals surface area (Å²) in [6.45, 7) is 0.796. The zero-order valence-corrected chi connectivity index (χ0v) is 8.40. The fraction of sp³-hybridized carbons (Fsp3) is 0.889. The number of nitrogens with one attached hydrogen (secondary N) is 1. The molecular formula is C9H14N2OS. The fourth-order valence-electron chi connectivity index (χ4n) is 2.24. The van der Waals surface area contributed by atoms with Crippen LogP contribution in [0.1, 0.15) is 19.3 Å². The van der Waals surface area contributed by atoms with Crippen LogP contribution in [0.15, 0.2) is 0 Å². The normalized spacial score (nSPS) is 36.2. The van der Waals surface area contributed by atoms with Crippen molar-refractivity contribution in [3.8, 4) is 0 Å². The monoisotopic (exact) mass is 198 g/mol. The van der Waals surface area contributed by atoms with Crippen molar-refractivity contribution < 1.29 is 4.79 Å². The van der Waals surface area contributed by atoms with Gasteiger partial charge in [0.15, 0.2) is 0 Å². The number of hydrogen-bond acceptors (Lipinski definition) is 3. The Hall–Kier alpha value is -0.220. The first-order valence-electron chi connectivity index (χ1n) is 4.96. The molecule has 0 aromatic heterocycles. The standard InChI is InChI=1S/C9H14N2OS/c12-8-9(2-3-9)10-6-11(8)7-1-4-13-5-7/h7,10H,1-6H2. The molecule has 3 rings (SSSR count). The predicted octanol–water partition coefficient (Wildman–Crippen LogP) is 0.414. The Labute approximate surface area is 82.2 Å². The van der Waals surface area contributed by atoms with E-state index in [4.69, 9.17) is 0 Å². The van der Waals surface area contributed by atoms with Crippen LogP contribution < -0.4 is 5.32 Å². The minimum Gasteiger partial charge on any atom is -0.324 e. The molecule has 2 saturated heterocycles. The molecule has 1 spiro atoms. The van der Waals surface area contributed by atoms with Crippen molar-refractivity contribution in [3.05, 3.63) is 0 Å². The van der Waals surface area contributed by atoms with Gasteiger partial charge in [-0.2, -0.15) is 11.8 Å². The molecule has 3 nitrogen and oxygen atoms in total. The second kappa shape index (κ2) is 2.64. The lowest BCUT2D eigenvalue weighted by atomic mass is 10.2. The summed E-state index contributed by atoms with van der Waals surface area (Å²) in [5, 5.41) is 3.35. The van der Waals surface area contributed by atoms with Crippen LogP contribution in [0.3, 0.4) is 0 Å². The molecule has 2 aliphatic heterocycles. The van der Waals surface area contributed by atoms with Gasteiger partial charge in [0.1, 0.15) is 0 Å². The molecule has 3 fully saturated rings. The smallest absolute Gasteiger partial charge is 0.244 e. The molecule has 1 atom stereocenters.